The lowest BCUT2D eigenvalue weighted by Crippen LogP contribution is -2.45. The van der Waals surface area contributed by atoms with E-state index in [4.69, 9.17) is 0 Å². The summed E-state index contributed by atoms with van der Waals surface area (Å²) in [5.74, 6) is -0.160. The molecule has 1 fully saturated rings. The normalized spacial score (nSPS) is 14.7. The Morgan fingerprint density at radius 2 is 1.74 bits per heavy atom. The third-order valence-electron chi connectivity index (χ3n) is 4.43. The molecule has 2 heterocycles. The highest BCUT2D eigenvalue weighted by atomic mass is 16.5. The lowest BCUT2D eigenvalue weighted by Gasteiger charge is -2.32. The van der Waals surface area contributed by atoms with E-state index in [1.165, 1.54) is 7.11 Å². The highest BCUT2D eigenvalue weighted by Gasteiger charge is 2.19. The number of anilines is 2. The lowest BCUT2D eigenvalue weighted by atomic mass is 10.2. The van der Waals surface area contributed by atoms with Crippen molar-refractivity contribution in [3.8, 4) is 0 Å². The van der Waals surface area contributed by atoms with E-state index in [1.54, 1.807) is 30.3 Å². The predicted octanol–water partition coefficient (Wildman–Crippen LogP) is 1.58. The second-order valence-corrected chi connectivity index (χ2v) is 6.51. The third-order valence-corrected chi connectivity index (χ3v) is 4.43. The number of carbonyl (C=O) groups is 2. The molecule has 1 aliphatic rings. The molecule has 27 heavy (non-hydrogen) atoms. The number of benzene rings is 1. The van der Waals surface area contributed by atoms with E-state index in [2.05, 4.69) is 36.9 Å². The van der Waals surface area contributed by atoms with Crippen LogP contribution in [-0.4, -0.2) is 67.1 Å². The van der Waals surface area contributed by atoms with Gasteiger partial charge in [-0.25, -0.2) is 14.8 Å². The van der Waals surface area contributed by atoms with Gasteiger partial charge in [0.25, 0.3) is 5.91 Å². The second kappa shape index (κ2) is 8.13. The Morgan fingerprint density at radius 3 is 2.37 bits per heavy atom. The van der Waals surface area contributed by atoms with E-state index < -0.39 is 5.97 Å². The van der Waals surface area contributed by atoms with Crippen molar-refractivity contribution in [2.75, 3.05) is 50.6 Å². The van der Waals surface area contributed by atoms with Gasteiger partial charge in [0.2, 0.25) is 5.95 Å². The first-order valence-electron chi connectivity index (χ1n) is 8.75. The molecule has 1 aromatic carbocycles. The highest BCUT2D eigenvalue weighted by Crippen LogP contribution is 2.15. The standard InChI is InChI=1S/C19H23N5O3/c1-13-12-16(22-19(20-13)24-10-8-23(2)9-11-24)17(25)21-15-6-4-14(5-7-15)18(26)27-3/h4-7,12H,8-11H2,1-3H3,(H,21,25). The van der Waals surface area contributed by atoms with Gasteiger partial charge in [0.1, 0.15) is 5.69 Å². The maximum absolute atomic E-state index is 12.6. The fraction of sp³-hybridized carbons (Fsp3) is 0.368. The van der Waals surface area contributed by atoms with Gasteiger partial charge in [0.15, 0.2) is 0 Å². The second-order valence-electron chi connectivity index (χ2n) is 6.51. The molecule has 1 amide bonds. The molecule has 0 atom stereocenters. The van der Waals surface area contributed by atoms with Crippen molar-refractivity contribution in [3.63, 3.8) is 0 Å². The van der Waals surface area contributed by atoms with E-state index in [9.17, 15) is 9.59 Å². The number of nitrogens with one attached hydrogen (secondary N) is 1. The molecule has 0 bridgehead atoms. The van der Waals surface area contributed by atoms with Gasteiger partial charge in [-0.3, -0.25) is 4.79 Å². The highest BCUT2D eigenvalue weighted by molar-refractivity contribution is 6.03. The van der Waals surface area contributed by atoms with Crippen LogP contribution in [0.2, 0.25) is 0 Å². The molecule has 1 aliphatic heterocycles. The van der Waals surface area contributed by atoms with Crippen molar-refractivity contribution in [1.82, 2.24) is 14.9 Å². The molecule has 1 aromatic heterocycles. The number of hydrogen-bond acceptors (Lipinski definition) is 7. The Kier molecular flexibility index (Phi) is 5.66. The summed E-state index contributed by atoms with van der Waals surface area (Å²) in [6.45, 7) is 5.38. The monoisotopic (exact) mass is 369 g/mol. The van der Waals surface area contributed by atoms with Crippen molar-refractivity contribution in [3.05, 3.63) is 47.3 Å². The van der Waals surface area contributed by atoms with Crippen LogP contribution < -0.4 is 10.2 Å². The number of esters is 1. The largest absolute Gasteiger partial charge is 0.465 e. The first-order chi connectivity index (χ1) is 13.0. The number of methoxy groups -OCH3 is 1. The van der Waals surface area contributed by atoms with Crippen molar-refractivity contribution in [2.24, 2.45) is 0 Å². The number of hydrogen-bond donors (Lipinski definition) is 1. The van der Waals surface area contributed by atoms with E-state index in [0.29, 0.717) is 22.9 Å². The van der Waals surface area contributed by atoms with Crippen LogP contribution in [0.3, 0.4) is 0 Å². The first kappa shape index (κ1) is 18.8. The Bertz CT molecular complexity index is 830. The smallest absolute Gasteiger partial charge is 0.337 e. The van der Waals surface area contributed by atoms with Crippen LogP contribution in [0.5, 0.6) is 0 Å². The number of nitrogens with zero attached hydrogens (tertiary/aromatic N) is 4. The molecule has 8 nitrogen and oxygen atoms in total. The minimum atomic E-state index is -0.420. The summed E-state index contributed by atoms with van der Waals surface area (Å²) in [7, 11) is 3.41. The Labute approximate surface area is 158 Å². The summed E-state index contributed by atoms with van der Waals surface area (Å²) in [5, 5.41) is 2.80. The van der Waals surface area contributed by atoms with Gasteiger partial charge in [-0.2, -0.15) is 0 Å². The maximum atomic E-state index is 12.6. The number of ether oxygens (including phenoxy) is 1. The topological polar surface area (TPSA) is 87.7 Å². The van der Waals surface area contributed by atoms with E-state index >= 15 is 0 Å². The Morgan fingerprint density at radius 1 is 1.07 bits per heavy atom. The van der Waals surface area contributed by atoms with Gasteiger partial charge in [-0.15, -0.1) is 0 Å². The summed E-state index contributed by atoms with van der Waals surface area (Å²) in [4.78, 5) is 37.4. The van der Waals surface area contributed by atoms with Crippen LogP contribution >= 0.6 is 0 Å². The van der Waals surface area contributed by atoms with Crippen LogP contribution in [0, 0.1) is 6.92 Å². The van der Waals surface area contributed by atoms with Gasteiger partial charge in [-0.05, 0) is 44.3 Å². The van der Waals surface area contributed by atoms with Crippen LogP contribution in [-0.2, 0) is 4.74 Å². The van der Waals surface area contributed by atoms with Gasteiger partial charge >= 0.3 is 5.97 Å². The Hall–Kier alpha value is -3.00. The summed E-state index contributed by atoms with van der Waals surface area (Å²) in [6, 6.07) is 8.17. The number of carbonyl (C=O) groups excluding carboxylic acids is 2. The fourth-order valence-electron chi connectivity index (χ4n) is 2.82. The van der Waals surface area contributed by atoms with Crippen LogP contribution in [0.1, 0.15) is 26.5 Å². The molecule has 8 heteroatoms. The number of aromatic nitrogens is 2. The van der Waals surface area contributed by atoms with Gasteiger partial charge in [-0.1, -0.05) is 0 Å². The quantitative estimate of drug-likeness (QED) is 0.819. The van der Waals surface area contributed by atoms with Gasteiger partial charge in [0.05, 0.1) is 12.7 Å². The molecule has 0 unspecified atom stereocenters. The van der Waals surface area contributed by atoms with Crippen molar-refractivity contribution < 1.29 is 14.3 Å². The Balaban J connectivity index is 1.73. The average molecular weight is 369 g/mol. The minimum Gasteiger partial charge on any atom is -0.465 e. The molecular formula is C19H23N5O3. The summed E-state index contributed by atoms with van der Waals surface area (Å²) < 4.78 is 4.67. The van der Waals surface area contributed by atoms with E-state index in [0.717, 1.165) is 31.9 Å². The summed E-state index contributed by atoms with van der Waals surface area (Å²) in [6.07, 6.45) is 0. The average Bonchev–Trinajstić information content (AvgIpc) is 2.68. The third kappa shape index (κ3) is 4.59. The van der Waals surface area contributed by atoms with Crippen molar-refractivity contribution >= 4 is 23.5 Å². The number of amides is 1. The van der Waals surface area contributed by atoms with Crippen molar-refractivity contribution in [1.29, 1.82) is 0 Å². The van der Waals surface area contributed by atoms with Crippen LogP contribution in [0.4, 0.5) is 11.6 Å². The zero-order chi connectivity index (χ0) is 19.4. The van der Waals surface area contributed by atoms with Crippen LogP contribution in [0.25, 0.3) is 0 Å². The molecule has 0 aliphatic carbocycles. The number of piperazine rings is 1. The molecule has 1 N–H and O–H groups in total. The molecule has 1 saturated heterocycles. The van der Waals surface area contributed by atoms with Gasteiger partial charge < -0.3 is 19.9 Å². The SMILES string of the molecule is COC(=O)c1ccc(NC(=O)c2cc(C)nc(N3CCN(C)CC3)n2)cc1. The first-order valence-corrected chi connectivity index (χ1v) is 8.75. The summed E-state index contributed by atoms with van der Waals surface area (Å²) in [5.41, 5.74) is 2.05. The van der Waals surface area contributed by atoms with Crippen LogP contribution in [0.15, 0.2) is 30.3 Å². The number of rotatable bonds is 4. The molecule has 3 rings (SSSR count). The van der Waals surface area contributed by atoms with Crippen molar-refractivity contribution in [2.45, 2.75) is 6.92 Å². The maximum Gasteiger partial charge on any atom is 0.337 e. The summed E-state index contributed by atoms with van der Waals surface area (Å²) >= 11 is 0. The number of aryl methyl sites for hydroxylation is 1. The lowest BCUT2D eigenvalue weighted by molar-refractivity contribution is 0.0600. The van der Waals surface area contributed by atoms with Gasteiger partial charge in [0, 0.05) is 37.6 Å². The van der Waals surface area contributed by atoms with E-state index in [-0.39, 0.29) is 5.91 Å². The molecule has 0 saturated carbocycles. The minimum absolute atomic E-state index is 0.313. The van der Waals surface area contributed by atoms with E-state index in [1.807, 2.05) is 6.92 Å². The molecule has 0 radical (unpaired) electrons. The fourth-order valence-corrected chi connectivity index (χ4v) is 2.82. The predicted molar refractivity (Wildman–Crippen MR) is 102 cm³/mol. The zero-order valence-corrected chi connectivity index (χ0v) is 15.7. The molecular weight excluding hydrogens is 346 g/mol. The zero-order valence-electron chi connectivity index (χ0n) is 15.7. The molecule has 2 aromatic rings. The molecule has 0 spiro atoms. The number of likely N-dealkylation sites (N-methyl/N-ethyl adjacent to an activating group) is 1. The molecule has 142 valence electrons.